The van der Waals surface area contributed by atoms with Gasteiger partial charge in [0.25, 0.3) is 5.95 Å². The summed E-state index contributed by atoms with van der Waals surface area (Å²) in [5.74, 6) is -3.89. The van der Waals surface area contributed by atoms with Crippen LogP contribution in [0.3, 0.4) is 0 Å². The number of rotatable bonds is 2. The smallest absolute Gasteiger partial charge is 0.326 e. The summed E-state index contributed by atoms with van der Waals surface area (Å²) in [6.07, 6.45) is 1.34. The van der Waals surface area contributed by atoms with Crippen LogP contribution in [0.4, 0.5) is 28.9 Å². The third kappa shape index (κ3) is 11.0. The molecule has 0 unspecified atom stereocenters. The number of carbonyl (C=O) groups is 1. The number of ether oxygens (including phenoxy) is 1. The minimum absolute atomic E-state index is 0. The van der Waals surface area contributed by atoms with Crippen LogP contribution in [-0.2, 0) is 9.53 Å². The van der Waals surface area contributed by atoms with E-state index in [1.165, 1.54) is 6.92 Å². The summed E-state index contributed by atoms with van der Waals surface area (Å²) >= 11 is 0. The maximum absolute atomic E-state index is 12.3. The number of nitrogens with zero attached hydrogens (tertiary/aromatic N) is 3. The van der Waals surface area contributed by atoms with Crippen molar-refractivity contribution in [3.05, 3.63) is 65.6 Å². The minimum atomic E-state index is -1.28. The van der Waals surface area contributed by atoms with E-state index in [9.17, 15) is 32.5 Å². The number of halogens is 4. The van der Waals surface area contributed by atoms with E-state index in [-0.39, 0.29) is 19.1 Å². The number of anilines is 1. The first-order valence-corrected chi connectivity index (χ1v) is 6.73. The van der Waals surface area contributed by atoms with Crippen LogP contribution in [0.5, 0.6) is 0 Å². The molecule has 2 N–H and O–H groups in total. The molecule has 0 aliphatic rings. The molecule has 0 spiro atoms. The van der Waals surface area contributed by atoms with Crippen LogP contribution in [0, 0.1) is 41.1 Å². The molecular weight excluding hydrogens is 376 g/mol. The van der Waals surface area contributed by atoms with Gasteiger partial charge < -0.3 is 17.9 Å². The van der Waals surface area contributed by atoms with Crippen molar-refractivity contribution in [1.29, 1.82) is 0 Å². The Morgan fingerprint density at radius 3 is 1.93 bits per heavy atom. The van der Waals surface area contributed by atoms with E-state index in [1.54, 1.807) is 6.92 Å². The standard InChI is InChI=1S/C5H2F2N2O2.C5H4F2N2.C4H8O2.CH3/c6-3-1-4(9(10)11)5(7)8-2-3;6-3-1-4(8)5(7)9-2-3;1-3-6-4(2)5;/h1-2H;1-2H,8H2;3H2,1-2H3;1H3/q;;;-1. The zero-order valence-corrected chi connectivity index (χ0v) is 14.6. The second-order valence-electron chi connectivity index (χ2n) is 4.18. The lowest BCUT2D eigenvalue weighted by Gasteiger charge is -1.91. The summed E-state index contributed by atoms with van der Waals surface area (Å²) in [4.78, 5) is 24.5. The molecule has 0 saturated carbocycles. The predicted molar refractivity (Wildman–Crippen MR) is 88.1 cm³/mol. The van der Waals surface area contributed by atoms with Crippen molar-refractivity contribution in [1.82, 2.24) is 9.97 Å². The summed E-state index contributed by atoms with van der Waals surface area (Å²) in [7, 11) is 0. The molecule has 0 atom stereocenters. The number of hydrogen-bond donors (Lipinski definition) is 1. The fourth-order valence-corrected chi connectivity index (χ4v) is 1.18. The van der Waals surface area contributed by atoms with E-state index in [1.807, 2.05) is 0 Å². The first-order chi connectivity index (χ1) is 12.1. The molecule has 0 bridgehead atoms. The molecular formula is C15H17F4N4O4-. The molecule has 2 heterocycles. The van der Waals surface area contributed by atoms with Gasteiger partial charge in [0.15, 0.2) is 0 Å². The number of carbonyl (C=O) groups excluding carboxylic acids is 1. The summed E-state index contributed by atoms with van der Waals surface area (Å²) in [6.45, 7) is 3.65. The van der Waals surface area contributed by atoms with Crippen LogP contribution in [0.15, 0.2) is 24.5 Å². The quantitative estimate of drug-likeness (QED) is 0.208. The molecule has 27 heavy (non-hydrogen) atoms. The van der Waals surface area contributed by atoms with Gasteiger partial charge in [-0.05, 0) is 6.92 Å². The topological polar surface area (TPSA) is 121 Å². The first kappa shape index (κ1) is 25.9. The minimum Gasteiger partial charge on any atom is -0.466 e. The van der Waals surface area contributed by atoms with Crippen LogP contribution < -0.4 is 5.73 Å². The molecule has 2 aromatic rings. The highest BCUT2D eigenvalue weighted by molar-refractivity contribution is 5.65. The molecule has 8 nitrogen and oxygen atoms in total. The highest BCUT2D eigenvalue weighted by atomic mass is 19.1. The molecule has 0 saturated heterocycles. The van der Waals surface area contributed by atoms with Crippen LogP contribution in [-0.4, -0.2) is 27.5 Å². The zero-order chi connectivity index (χ0) is 20.3. The molecule has 0 amide bonds. The van der Waals surface area contributed by atoms with E-state index in [0.717, 1.165) is 12.3 Å². The fourth-order valence-electron chi connectivity index (χ4n) is 1.18. The van der Waals surface area contributed by atoms with Crippen LogP contribution in [0.25, 0.3) is 0 Å². The first-order valence-electron chi connectivity index (χ1n) is 6.73. The van der Waals surface area contributed by atoms with Crippen molar-refractivity contribution >= 4 is 17.3 Å². The van der Waals surface area contributed by atoms with Gasteiger partial charge in [0.2, 0.25) is 5.95 Å². The van der Waals surface area contributed by atoms with Crippen LogP contribution in [0.2, 0.25) is 0 Å². The molecule has 0 aliphatic carbocycles. The molecule has 0 fully saturated rings. The SMILES string of the molecule is CCOC(C)=O.Nc1cc(F)cnc1F.O=[N+]([O-])c1cc(F)cnc1F.[CH3-]. The number of nitro groups is 1. The number of nitrogen functional groups attached to an aromatic ring is 1. The Morgan fingerprint density at radius 1 is 1.15 bits per heavy atom. The Morgan fingerprint density at radius 2 is 1.63 bits per heavy atom. The maximum Gasteiger partial charge on any atom is 0.326 e. The summed E-state index contributed by atoms with van der Waals surface area (Å²) in [6, 6.07) is 1.35. The van der Waals surface area contributed by atoms with E-state index in [0.29, 0.717) is 18.9 Å². The van der Waals surface area contributed by atoms with E-state index >= 15 is 0 Å². The van der Waals surface area contributed by atoms with E-state index < -0.39 is 34.1 Å². The second-order valence-corrected chi connectivity index (χ2v) is 4.18. The van der Waals surface area contributed by atoms with Gasteiger partial charge in [0.1, 0.15) is 11.6 Å². The summed E-state index contributed by atoms with van der Waals surface area (Å²) in [5, 5.41) is 9.93. The number of pyridine rings is 2. The van der Waals surface area contributed by atoms with E-state index in [2.05, 4.69) is 14.7 Å². The average molecular weight is 393 g/mol. The molecule has 2 aromatic heterocycles. The Balaban J connectivity index is 0. The van der Waals surface area contributed by atoms with Crippen molar-refractivity contribution in [3.63, 3.8) is 0 Å². The van der Waals surface area contributed by atoms with Gasteiger partial charge in [0.05, 0.1) is 35.7 Å². The Kier molecular flexibility index (Phi) is 12.5. The predicted octanol–water partition coefficient (Wildman–Crippen LogP) is 3.23. The number of aromatic nitrogens is 2. The second kappa shape index (κ2) is 13.0. The Labute approximate surface area is 152 Å². The molecule has 2 rings (SSSR count). The summed E-state index contributed by atoms with van der Waals surface area (Å²) < 4.78 is 53.0. The summed E-state index contributed by atoms with van der Waals surface area (Å²) in [5.41, 5.74) is 3.72. The largest absolute Gasteiger partial charge is 0.466 e. The van der Waals surface area contributed by atoms with Crippen LogP contribution >= 0.6 is 0 Å². The Bertz CT molecular complexity index is 763. The van der Waals surface area contributed by atoms with Crippen molar-refractivity contribution in [3.8, 4) is 0 Å². The van der Waals surface area contributed by atoms with Crippen molar-refractivity contribution in [2.45, 2.75) is 13.8 Å². The zero-order valence-electron chi connectivity index (χ0n) is 14.6. The third-order valence-corrected chi connectivity index (χ3v) is 2.16. The van der Waals surface area contributed by atoms with Crippen molar-refractivity contribution < 1.29 is 32.0 Å². The van der Waals surface area contributed by atoms with Gasteiger partial charge in [-0.15, -0.1) is 0 Å². The fraction of sp³-hybridized carbons (Fsp3) is 0.200. The molecule has 0 radical (unpaired) electrons. The van der Waals surface area contributed by atoms with Gasteiger partial charge >= 0.3 is 11.7 Å². The van der Waals surface area contributed by atoms with E-state index in [4.69, 9.17) is 5.73 Å². The highest BCUT2D eigenvalue weighted by Gasteiger charge is 2.15. The van der Waals surface area contributed by atoms with Gasteiger partial charge in [-0.3, -0.25) is 14.9 Å². The average Bonchev–Trinajstić information content (AvgIpc) is 2.54. The Hall–Kier alpha value is -3.31. The lowest BCUT2D eigenvalue weighted by atomic mass is 10.4. The number of esters is 1. The molecule has 150 valence electrons. The normalized spacial score (nSPS) is 8.81. The van der Waals surface area contributed by atoms with Gasteiger partial charge in [-0.1, -0.05) is 0 Å². The third-order valence-electron chi connectivity index (χ3n) is 2.16. The number of hydrogen-bond acceptors (Lipinski definition) is 7. The van der Waals surface area contributed by atoms with Crippen molar-refractivity contribution in [2.75, 3.05) is 12.3 Å². The van der Waals surface area contributed by atoms with Gasteiger partial charge in [-0.2, -0.15) is 8.78 Å². The van der Waals surface area contributed by atoms with Gasteiger partial charge in [0, 0.05) is 13.0 Å². The molecule has 0 aromatic carbocycles. The molecule has 0 aliphatic heterocycles. The van der Waals surface area contributed by atoms with Gasteiger partial charge in [-0.25, -0.2) is 18.7 Å². The van der Waals surface area contributed by atoms with Crippen molar-refractivity contribution in [2.24, 2.45) is 0 Å². The number of nitrogens with two attached hydrogens (primary N) is 1. The monoisotopic (exact) mass is 393 g/mol. The maximum atomic E-state index is 12.3. The molecule has 12 heteroatoms. The lowest BCUT2D eigenvalue weighted by molar-refractivity contribution is -0.388. The van der Waals surface area contributed by atoms with Crippen LogP contribution in [0.1, 0.15) is 13.8 Å². The highest BCUT2D eigenvalue weighted by Crippen LogP contribution is 2.14. The lowest BCUT2D eigenvalue weighted by Crippen LogP contribution is -1.95.